The molecule has 3 nitrogen and oxygen atoms in total. The van der Waals surface area contributed by atoms with Crippen molar-refractivity contribution in [3.8, 4) is 0 Å². The average Bonchev–Trinajstić information content (AvgIpc) is 2.06. The van der Waals surface area contributed by atoms with Gasteiger partial charge in [0.1, 0.15) is 0 Å². The molecule has 0 aliphatic rings. The van der Waals surface area contributed by atoms with Gasteiger partial charge in [0.15, 0.2) is 32.7 Å². The van der Waals surface area contributed by atoms with Gasteiger partial charge in [-0.25, -0.2) is 0 Å². The third kappa shape index (κ3) is 12.8. The maximum Gasteiger partial charge on any atom is 0.187 e. The van der Waals surface area contributed by atoms with Crippen molar-refractivity contribution in [1.29, 1.82) is 0 Å². The molecule has 0 unspecified atom stereocenters. The van der Waals surface area contributed by atoms with Crippen LogP contribution in [0.15, 0.2) is 0 Å². The van der Waals surface area contributed by atoms with Gasteiger partial charge in [0, 0.05) is 0 Å². The number of rotatable bonds is 9. The highest BCUT2D eigenvalue weighted by molar-refractivity contribution is 6.70. The molecule has 0 fully saturated rings. The van der Waals surface area contributed by atoms with Crippen molar-refractivity contribution >= 4 is 26.4 Å². The molecule has 104 valence electrons. The molecule has 0 saturated heterocycles. The Morgan fingerprint density at radius 3 is 1.76 bits per heavy atom. The van der Waals surface area contributed by atoms with Crippen LogP contribution in [0, 0.1) is 0 Å². The van der Waals surface area contributed by atoms with Crippen LogP contribution in [0.25, 0.3) is 0 Å². The van der Waals surface area contributed by atoms with Gasteiger partial charge in [-0.05, 0) is 45.3 Å². The summed E-state index contributed by atoms with van der Waals surface area (Å²) in [6, 6.07) is 1.24. The van der Waals surface area contributed by atoms with Crippen LogP contribution >= 0.6 is 0 Å². The fourth-order valence-electron chi connectivity index (χ4n) is 1.31. The largest absolute Gasteiger partial charge is 0.419 e. The van der Waals surface area contributed by atoms with E-state index in [9.17, 15) is 0 Å². The van der Waals surface area contributed by atoms with E-state index in [1.165, 1.54) is 12.5 Å². The predicted molar refractivity (Wildman–Crippen MR) is 82.2 cm³/mol. The molecule has 0 spiro atoms. The van der Waals surface area contributed by atoms with Crippen LogP contribution in [0.4, 0.5) is 0 Å². The van der Waals surface area contributed by atoms with Crippen molar-refractivity contribution in [2.45, 2.75) is 65.0 Å². The van der Waals surface area contributed by atoms with Crippen molar-refractivity contribution in [2.24, 2.45) is 0 Å². The first-order valence-corrected chi connectivity index (χ1v) is 15.0. The van der Waals surface area contributed by atoms with Gasteiger partial charge in [-0.1, -0.05) is 13.3 Å². The Bertz CT molecular complexity index is 183. The lowest BCUT2D eigenvalue weighted by Crippen LogP contribution is -2.42. The predicted octanol–water partition coefficient (Wildman–Crippen LogP) is 2.94. The molecule has 0 saturated carbocycles. The zero-order chi connectivity index (χ0) is 13.5. The van der Waals surface area contributed by atoms with E-state index in [4.69, 9.17) is 13.3 Å². The normalized spacial score (nSPS) is 14.1. The Hall–Kier alpha value is 0.531. The number of hydrogen-bond acceptors (Lipinski definition) is 3. The van der Waals surface area contributed by atoms with E-state index >= 15 is 0 Å². The molecule has 0 aliphatic carbocycles. The highest BCUT2D eigenvalue weighted by Crippen LogP contribution is 2.14. The molecule has 0 radical (unpaired) electrons. The third-order valence-electron chi connectivity index (χ3n) is 1.87. The zero-order valence-electron chi connectivity index (χ0n) is 12.6. The fourth-order valence-corrected chi connectivity index (χ4v) is 4.06. The maximum atomic E-state index is 6.04. The second-order valence-electron chi connectivity index (χ2n) is 6.32. The van der Waals surface area contributed by atoms with Crippen molar-refractivity contribution in [1.82, 2.24) is 0 Å². The molecule has 6 heteroatoms. The van der Waals surface area contributed by atoms with Crippen LogP contribution in [0.2, 0.25) is 45.3 Å². The minimum Gasteiger partial charge on any atom is -0.419 e. The van der Waals surface area contributed by atoms with E-state index in [0.717, 1.165) is 0 Å². The lowest BCUT2D eigenvalue weighted by molar-refractivity contribution is -0.0390. The monoisotopic (exact) mass is 294 g/mol. The number of hydrogen-bond donors (Lipinski definition) is 0. The topological polar surface area (TPSA) is 27.7 Å². The van der Waals surface area contributed by atoms with Crippen LogP contribution in [-0.4, -0.2) is 39.3 Å². The van der Waals surface area contributed by atoms with E-state index in [2.05, 4.69) is 46.2 Å². The Morgan fingerprint density at radius 2 is 1.41 bits per heavy atom. The molecule has 0 aliphatic heterocycles. The standard InChI is InChI=1S/C11H30O3Si3/c1-8-9-15-12-10-11(13-16(2,3)4)14-17(5,6)7/h11H,8-10,15H2,1-7H3. The maximum absolute atomic E-state index is 6.04. The van der Waals surface area contributed by atoms with Crippen molar-refractivity contribution < 1.29 is 13.3 Å². The Morgan fingerprint density at radius 1 is 0.941 bits per heavy atom. The molecule has 17 heavy (non-hydrogen) atoms. The van der Waals surface area contributed by atoms with E-state index in [1.54, 1.807) is 0 Å². The molecular formula is C11H30O3Si3. The summed E-state index contributed by atoms with van der Waals surface area (Å²) in [5.41, 5.74) is 0. The van der Waals surface area contributed by atoms with Gasteiger partial charge in [-0.3, -0.25) is 0 Å². The van der Waals surface area contributed by atoms with Gasteiger partial charge in [-0.15, -0.1) is 0 Å². The van der Waals surface area contributed by atoms with E-state index in [1.807, 2.05) is 0 Å². The summed E-state index contributed by atoms with van der Waals surface area (Å²) >= 11 is 0. The molecule has 0 rings (SSSR count). The van der Waals surface area contributed by atoms with Crippen LogP contribution in [-0.2, 0) is 13.3 Å². The van der Waals surface area contributed by atoms with Crippen LogP contribution in [0.3, 0.4) is 0 Å². The van der Waals surface area contributed by atoms with Gasteiger partial charge < -0.3 is 13.3 Å². The van der Waals surface area contributed by atoms with Gasteiger partial charge >= 0.3 is 0 Å². The summed E-state index contributed by atoms with van der Waals surface area (Å²) < 4.78 is 17.8. The fraction of sp³-hybridized carbons (Fsp3) is 1.00. The van der Waals surface area contributed by atoms with Gasteiger partial charge in [0.2, 0.25) is 0 Å². The Balaban J connectivity index is 4.12. The quantitative estimate of drug-likeness (QED) is 0.372. The van der Waals surface area contributed by atoms with Crippen LogP contribution < -0.4 is 0 Å². The Kier molecular flexibility index (Phi) is 8.10. The van der Waals surface area contributed by atoms with Crippen molar-refractivity contribution in [3.63, 3.8) is 0 Å². The second kappa shape index (κ2) is 7.85. The summed E-state index contributed by atoms with van der Waals surface area (Å²) in [6.45, 7) is 16.0. The minimum atomic E-state index is -1.56. The SMILES string of the molecule is CCC[SiH2]OCC(O[Si](C)(C)C)O[Si](C)(C)C. The van der Waals surface area contributed by atoms with Crippen LogP contribution in [0.1, 0.15) is 13.3 Å². The van der Waals surface area contributed by atoms with Crippen molar-refractivity contribution in [3.05, 3.63) is 0 Å². The van der Waals surface area contributed by atoms with Crippen LogP contribution in [0.5, 0.6) is 0 Å². The molecule has 0 amide bonds. The second-order valence-corrected chi connectivity index (χ2v) is 16.8. The molecule has 0 aromatic carbocycles. The zero-order valence-corrected chi connectivity index (χ0v) is 16.0. The summed E-state index contributed by atoms with van der Waals surface area (Å²) in [6.07, 6.45) is 1.08. The summed E-state index contributed by atoms with van der Waals surface area (Å²) in [4.78, 5) is 0. The lowest BCUT2D eigenvalue weighted by atomic mass is 10.6. The molecular weight excluding hydrogens is 264 g/mol. The molecule has 0 aromatic heterocycles. The van der Waals surface area contributed by atoms with Gasteiger partial charge in [0.25, 0.3) is 0 Å². The van der Waals surface area contributed by atoms with E-state index in [-0.39, 0.29) is 16.1 Å². The first-order chi connectivity index (χ1) is 7.64. The van der Waals surface area contributed by atoms with E-state index < -0.39 is 16.6 Å². The smallest absolute Gasteiger partial charge is 0.187 e. The van der Waals surface area contributed by atoms with Crippen molar-refractivity contribution in [2.75, 3.05) is 6.61 Å². The van der Waals surface area contributed by atoms with Gasteiger partial charge in [0.05, 0.1) is 6.61 Å². The first kappa shape index (κ1) is 17.5. The Labute approximate surface area is 111 Å². The molecule has 0 aromatic rings. The lowest BCUT2D eigenvalue weighted by Gasteiger charge is -2.31. The average molecular weight is 295 g/mol. The molecule has 0 N–H and O–H groups in total. The minimum absolute atomic E-state index is 0.141. The van der Waals surface area contributed by atoms with E-state index in [0.29, 0.717) is 6.61 Å². The summed E-state index contributed by atoms with van der Waals surface area (Å²) in [7, 11) is -3.48. The summed E-state index contributed by atoms with van der Waals surface area (Å²) in [5, 5.41) is 0. The third-order valence-corrected chi connectivity index (χ3v) is 5.33. The van der Waals surface area contributed by atoms with Gasteiger partial charge in [-0.2, -0.15) is 0 Å². The summed E-state index contributed by atoms with van der Waals surface area (Å²) in [5.74, 6) is 0. The molecule has 0 bridgehead atoms. The molecule has 0 atom stereocenters. The first-order valence-electron chi connectivity index (χ1n) is 6.57. The molecule has 0 heterocycles. The highest BCUT2D eigenvalue weighted by atomic mass is 28.4. The highest BCUT2D eigenvalue weighted by Gasteiger charge is 2.26.